The normalized spacial score (nSPS) is 22.6. The van der Waals surface area contributed by atoms with E-state index in [1.54, 1.807) is 17.6 Å². The van der Waals surface area contributed by atoms with Gasteiger partial charge in [-0.1, -0.05) is 6.92 Å². The molecule has 5 heteroatoms. The third-order valence-corrected chi connectivity index (χ3v) is 5.25. The highest BCUT2D eigenvalue weighted by Crippen LogP contribution is 2.30. The third kappa shape index (κ3) is 3.28. The monoisotopic (exact) mass is 306 g/mol. The molecular formula is C16H22N2O2S. The van der Waals surface area contributed by atoms with Crippen LogP contribution < -0.4 is 0 Å². The Kier molecular flexibility index (Phi) is 4.58. The van der Waals surface area contributed by atoms with Crippen molar-refractivity contribution in [1.29, 1.82) is 0 Å². The number of aryl methyl sites for hydroxylation is 1. The van der Waals surface area contributed by atoms with Crippen molar-refractivity contribution in [2.75, 3.05) is 19.7 Å². The molecule has 1 amide bonds. The Morgan fingerprint density at radius 3 is 3.14 bits per heavy atom. The third-order valence-electron chi connectivity index (χ3n) is 4.20. The quantitative estimate of drug-likeness (QED) is 0.862. The second-order valence-electron chi connectivity index (χ2n) is 5.74. The predicted molar refractivity (Wildman–Crippen MR) is 83.3 cm³/mol. The first-order chi connectivity index (χ1) is 10.3. The molecule has 0 unspecified atom stereocenters. The summed E-state index contributed by atoms with van der Waals surface area (Å²) in [5.74, 6) is 0.560. The first-order valence-corrected chi connectivity index (χ1v) is 8.70. The predicted octanol–water partition coefficient (Wildman–Crippen LogP) is 3.11. The van der Waals surface area contributed by atoms with Crippen LogP contribution in [-0.4, -0.2) is 35.5 Å². The van der Waals surface area contributed by atoms with Crippen LogP contribution in [0.3, 0.4) is 0 Å². The van der Waals surface area contributed by atoms with Crippen LogP contribution in [0.25, 0.3) is 0 Å². The molecule has 0 radical (unpaired) electrons. The molecule has 21 heavy (non-hydrogen) atoms. The SMILES string of the molecule is CCc1csc([C@@H]2CCCN(C(=O)C3=COCCC3)C2)n1. The van der Waals surface area contributed by atoms with Crippen molar-refractivity contribution in [3.63, 3.8) is 0 Å². The van der Waals surface area contributed by atoms with Crippen LogP contribution >= 0.6 is 11.3 Å². The Bertz CT molecular complexity index is 538. The number of ether oxygens (including phenoxy) is 1. The van der Waals surface area contributed by atoms with Crippen molar-refractivity contribution < 1.29 is 9.53 Å². The highest BCUT2D eigenvalue weighted by Gasteiger charge is 2.28. The topological polar surface area (TPSA) is 42.4 Å². The van der Waals surface area contributed by atoms with Gasteiger partial charge in [0.1, 0.15) is 0 Å². The second kappa shape index (κ2) is 6.60. The molecule has 0 bridgehead atoms. The van der Waals surface area contributed by atoms with Gasteiger partial charge in [-0.15, -0.1) is 11.3 Å². The first-order valence-electron chi connectivity index (χ1n) is 7.82. The lowest BCUT2D eigenvalue weighted by molar-refractivity contribution is -0.128. The molecule has 0 spiro atoms. The molecule has 0 aliphatic carbocycles. The van der Waals surface area contributed by atoms with E-state index in [1.165, 1.54) is 10.7 Å². The summed E-state index contributed by atoms with van der Waals surface area (Å²) < 4.78 is 5.30. The smallest absolute Gasteiger partial charge is 0.252 e. The number of hydrogen-bond acceptors (Lipinski definition) is 4. The zero-order valence-corrected chi connectivity index (χ0v) is 13.3. The van der Waals surface area contributed by atoms with Crippen LogP contribution in [0.5, 0.6) is 0 Å². The van der Waals surface area contributed by atoms with Gasteiger partial charge in [-0.2, -0.15) is 0 Å². The average molecular weight is 306 g/mol. The Morgan fingerprint density at radius 1 is 1.52 bits per heavy atom. The van der Waals surface area contributed by atoms with E-state index in [0.717, 1.165) is 57.4 Å². The number of likely N-dealkylation sites (tertiary alicyclic amines) is 1. The van der Waals surface area contributed by atoms with Crippen LogP contribution in [0.1, 0.15) is 49.2 Å². The van der Waals surface area contributed by atoms with Crippen LogP contribution in [0, 0.1) is 0 Å². The van der Waals surface area contributed by atoms with Gasteiger partial charge < -0.3 is 9.64 Å². The number of carbonyl (C=O) groups excluding carboxylic acids is 1. The number of carbonyl (C=O) groups is 1. The molecule has 1 fully saturated rings. The minimum atomic E-state index is 0.159. The second-order valence-corrected chi connectivity index (χ2v) is 6.63. The lowest BCUT2D eigenvalue weighted by Crippen LogP contribution is -2.40. The standard InChI is InChI=1S/C16H22N2O2S/c1-2-14-11-21-15(17-14)12-5-3-7-18(9-12)16(19)13-6-4-8-20-10-13/h10-12H,2-9H2,1H3/t12-/m1/s1. The van der Waals surface area contributed by atoms with Crippen molar-refractivity contribution in [2.24, 2.45) is 0 Å². The minimum absolute atomic E-state index is 0.159. The largest absolute Gasteiger partial charge is 0.501 e. The van der Waals surface area contributed by atoms with E-state index in [-0.39, 0.29) is 5.91 Å². The first kappa shape index (κ1) is 14.6. The number of rotatable bonds is 3. The molecule has 0 N–H and O–H groups in total. The molecule has 1 atom stereocenters. The molecular weight excluding hydrogens is 284 g/mol. The summed E-state index contributed by atoms with van der Waals surface area (Å²) in [6, 6.07) is 0. The molecule has 1 aromatic heterocycles. The maximum absolute atomic E-state index is 12.6. The Labute approximate surface area is 129 Å². The molecule has 1 aromatic rings. The summed E-state index contributed by atoms with van der Waals surface area (Å²) in [7, 11) is 0. The lowest BCUT2D eigenvalue weighted by Gasteiger charge is -2.32. The van der Waals surface area contributed by atoms with E-state index < -0.39 is 0 Å². The molecule has 2 aliphatic heterocycles. The van der Waals surface area contributed by atoms with E-state index in [4.69, 9.17) is 9.72 Å². The van der Waals surface area contributed by atoms with Gasteiger partial charge in [0.15, 0.2) is 0 Å². The van der Waals surface area contributed by atoms with Crippen molar-refractivity contribution >= 4 is 17.2 Å². The molecule has 0 aromatic carbocycles. The van der Waals surface area contributed by atoms with E-state index >= 15 is 0 Å². The van der Waals surface area contributed by atoms with Crippen molar-refractivity contribution in [3.05, 3.63) is 27.9 Å². The lowest BCUT2D eigenvalue weighted by atomic mass is 9.97. The summed E-state index contributed by atoms with van der Waals surface area (Å²) in [4.78, 5) is 19.2. The molecule has 3 heterocycles. The van der Waals surface area contributed by atoms with E-state index in [9.17, 15) is 4.79 Å². The van der Waals surface area contributed by atoms with Gasteiger partial charge in [-0.05, 0) is 32.1 Å². The fraction of sp³-hybridized carbons (Fsp3) is 0.625. The van der Waals surface area contributed by atoms with Crippen LogP contribution in [0.2, 0.25) is 0 Å². The fourth-order valence-electron chi connectivity index (χ4n) is 2.96. The van der Waals surface area contributed by atoms with Crippen molar-refractivity contribution in [2.45, 2.75) is 44.9 Å². The number of amides is 1. The molecule has 4 nitrogen and oxygen atoms in total. The van der Waals surface area contributed by atoms with Gasteiger partial charge in [0.25, 0.3) is 5.91 Å². The van der Waals surface area contributed by atoms with Crippen LogP contribution in [-0.2, 0) is 16.0 Å². The fourth-order valence-corrected chi connectivity index (χ4v) is 3.99. The van der Waals surface area contributed by atoms with Gasteiger partial charge in [0.05, 0.1) is 29.1 Å². The summed E-state index contributed by atoms with van der Waals surface area (Å²) in [6.45, 7) is 4.52. The summed E-state index contributed by atoms with van der Waals surface area (Å²) in [5.41, 5.74) is 2.00. The molecule has 3 rings (SSSR count). The minimum Gasteiger partial charge on any atom is -0.501 e. The summed E-state index contributed by atoms with van der Waals surface area (Å²) in [6.07, 6.45) is 6.63. The van der Waals surface area contributed by atoms with Crippen LogP contribution in [0.15, 0.2) is 17.2 Å². The van der Waals surface area contributed by atoms with Gasteiger partial charge in [0.2, 0.25) is 0 Å². The van der Waals surface area contributed by atoms with E-state index in [1.807, 2.05) is 4.90 Å². The van der Waals surface area contributed by atoms with Crippen LogP contribution in [0.4, 0.5) is 0 Å². The number of nitrogens with zero attached hydrogens (tertiary/aromatic N) is 2. The Hall–Kier alpha value is -1.36. The molecule has 2 aliphatic rings. The van der Waals surface area contributed by atoms with E-state index in [0.29, 0.717) is 5.92 Å². The number of piperidine rings is 1. The Balaban J connectivity index is 1.67. The molecule has 0 saturated carbocycles. The highest BCUT2D eigenvalue weighted by molar-refractivity contribution is 7.09. The molecule has 1 saturated heterocycles. The van der Waals surface area contributed by atoms with E-state index in [2.05, 4.69) is 12.3 Å². The van der Waals surface area contributed by atoms with Gasteiger partial charge in [0, 0.05) is 24.4 Å². The summed E-state index contributed by atoms with van der Waals surface area (Å²) >= 11 is 1.74. The number of hydrogen-bond donors (Lipinski definition) is 0. The maximum Gasteiger partial charge on any atom is 0.252 e. The number of thiazole rings is 1. The average Bonchev–Trinajstić information content (AvgIpc) is 3.04. The van der Waals surface area contributed by atoms with Crippen molar-refractivity contribution in [1.82, 2.24) is 9.88 Å². The highest BCUT2D eigenvalue weighted by atomic mass is 32.1. The maximum atomic E-state index is 12.6. The molecule has 114 valence electrons. The van der Waals surface area contributed by atoms with Gasteiger partial charge in [-0.25, -0.2) is 4.98 Å². The Morgan fingerprint density at radius 2 is 2.43 bits per heavy atom. The zero-order chi connectivity index (χ0) is 14.7. The van der Waals surface area contributed by atoms with Gasteiger partial charge >= 0.3 is 0 Å². The number of aromatic nitrogens is 1. The van der Waals surface area contributed by atoms with Gasteiger partial charge in [-0.3, -0.25) is 4.79 Å². The van der Waals surface area contributed by atoms with Crippen molar-refractivity contribution in [3.8, 4) is 0 Å². The summed E-state index contributed by atoms with van der Waals surface area (Å²) in [5, 5.41) is 3.34. The zero-order valence-electron chi connectivity index (χ0n) is 12.5.